The highest BCUT2D eigenvalue weighted by Crippen LogP contribution is 2.16. The molecule has 0 aliphatic carbocycles. The highest BCUT2D eigenvalue weighted by molar-refractivity contribution is 6.03. The van der Waals surface area contributed by atoms with Gasteiger partial charge in [-0.05, 0) is 30.3 Å². The van der Waals surface area contributed by atoms with Crippen LogP contribution < -0.4 is 16.0 Å². The molecule has 0 saturated carbocycles. The Morgan fingerprint density at radius 1 is 1.28 bits per heavy atom. The summed E-state index contributed by atoms with van der Waals surface area (Å²) in [4.78, 5) is 16.6. The summed E-state index contributed by atoms with van der Waals surface area (Å²) < 4.78 is 0. The molecule has 0 saturated heterocycles. The molecule has 2 aromatic rings. The summed E-state index contributed by atoms with van der Waals surface area (Å²) in [5.74, 6) is -0.204. The second kappa shape index (κ2) is 4.83. The molecule has 0 aliphatic rings. The Morgan fingerprint density at radius 3 is 2.44 bits per heavy atom. The van der Waals surface area contributed by atoms with Gasteiger partial charge in [0.1, 0.15) is 5.69 Å². The lowest BCUT2D eigenvalue weighted by Gasteiger charge is -2.12. The van der Waals surface area contributed by atoms with Gasteiger partial charge in [-0.2, -0.15) is 0 Å². The molecule has 1 aromatic heterocycles. The topological polar surface area (TPSA) is 74.2 Å². The molecule has 0 aliphatic heterocycles. The lowest BCUT2D eigenvalue weighted by atomic mass is 10.2. The minimum absolute atomic E-state index is 0.204. The lowest BCUT2D eigenvalue weighted by molar-refractivity contribution is 0.102. The first kappa shape index (κ1) is 12.0. The second-order valence-electron chi connectivity index (χ2n) is 4.24. The van der Waals surface area contributed by atoms with Crippen LogP contribution in [0.4, 0.5) is 17.1 Å². The minimum Gasteiger partial charge on any atom is -0.397 e. The highest BCUT2D eigenvalue weighted by Gasteiger charge is 2.07. The summed E-state index contributed by atoms with van der Waals surface area (Å²) in [6.45, 7) is 0. The number of rotatable bonds is 3. The summed E-state index contributed by atoms with van der Waals surface area (Å²) in [6.07, 6.45) is 1.59. The maximum Gasteiger partial charge on any atom is 0.272 e. The summed E-state index contributed by atoms with van der Waals surface area (Å²) in [5.41, 5.74) is 8.37. The zero-order chi connectivity index (χ0) is 13.1. The van der Waals surface area contributed by atoms with Crippen molar-refractivity contribution in [3.05, 3.63) is 42.2 Å². The average molecular weight is 244 g/mol. The first-order valence-electron chi connectivity index (χ1n) is 5.59. The predicted molar refractivity (Wildman–Crippen MR) is 73.9 cm³/mol. The van der Waals surface area contributed by atoms with Crippen molar-refractivity contribution in [1.82, 2.24) is 4.98 Å². The summed E-state index contributed by atoms with van der Waals surface area (Å²) in [6, 6.07) is 9.21. The summed E-state index contributed by atoms with van der Waals surface area (Å²) >= 11 is 0. The van der Waals surface area contributed by atoms with Gasteiger partial charge in [0.05, 0.1) is 0 Å². The van der Waals surface area contributed by atoms with E-state index in [2.05, 4.69) is 10.3 Å². The monoisotopic (exact) mass is 244 g/mol. The third kappa shape index (κ3) is 2.63. The van der Waals surface area contributed by atoms with Gasteiger partial charge in [-0.3, -0.25) is 4.79 Å². The van der Waals surface area contributed by atoms with Crippen molar-refractivity contribution in [2.24, 2.45) is 0 Å². The van der Waals surface area contributed by atoms with E-state index >= 15 is 0 Å². The summed E-state index contributed by atoms with van der Waals surface area (Å²) in [5, 5.41) is 2.79. The fraction of sp³-hybridized carbons (Fsp3) is 0.154. The van der Waals surface area contributed by atoms with E-state index in [4.69, 9.17) is 5.73 Å². The number of nitrogen functional groups attached to an aromatic ring is 1. The average Bonchev–Trinajstić information content (AvgIpc) is 2.76. The maximum atomic E-state index is 11.8. The number of benzene rings is 1. The van der Waals surface area contributed by atoms with E-state index in [-0.39, 0.29) is 5.91 Å². The molecular formula is C13H16N4O. The van der Waals surface area contributed by atoms with E-state index in [0.29, 0.717) is 11.4 Å². The third-order valence-electron chi connectivity index (χ3n) is 2.59. The molecule has 4 N–H and O–H groups in total. The normalized spacial score (nSPS) is 10.1. The van der Waals surface area contributed by atoms with E-state index < -0.39 is 0 Å². The second-order valence-corrected chi connectivity index (χ2v) is 4.24. The molecule has 0 fully saturated rings. The van der Waals surface area contributed by atoms with Gasteiger partial charge in [0, 0.05) is 37.4 Å². The molecular weight excluding hydrogens is 228 g/mol. The Kier molecular flexibility index (Phi) is 3.23. The third-order valence-corrected chi connectivity index (χ3v) is 2.59. The van der Waals surface area contributed by atoms with Crippen LogP contribution in [0, 0.1) is 0 Å². The van der Waals surface area contributed by atoms with Crippen LogP contribution in [0.5, 0.6) is 0 Å². The van der Waals surface area contributed by atoms with Gasteiger partial charge in [-0.1, -0.05) is 0 Å². The van der Waals surface area contributed by atoms with E-state index in [1.165, 1.54) is 0 Å². The van der Waals surface area contributed by atoms with E-state index in [1.807, 2.05) is 43.3 Å². The number of anilines is 3. The Labute approximate surface area is 106 Å². The molecule has 2 rings (SSSR count). The molecule has 5 nitrogen and oxygen atoms in total. The zero-order valence-corrected chi connectivity index (χ0v) is 10.4. The first-order chi connectivity index (χ1) is 8.56. The molecule has 0 spiro atoms. The van der Waals surface area contributed by atoms with Crippen molar-refractivity contribution in [3.63, 3.8) is 0 Å². The standard InChI is InChI=1S/C13H16N4O/c1-17(2)11-5-3-10(4-6-11)16-13(18)12-7-9(14)8-15-12/h3-8,15H,14H2,1-2H3,(H,16,18). The summed E-state index contributed by atoms with van der Waals surface area (Å²) in [7, 11) is 3.94. The number of carbonyl (C=O) groups is 1. The van der Waals surface area contributed by atoms with Crippen LogP contribution in [0.25, 0.3) is 0 Å². The van der Waals surface area contributed by atoms with Crippen LogP contribution in [0.15, 0.2) is 36.5 Å². The molecule has 0 radical (unpaired) electrons. The van der Waals surface area contributed by atoms with Crippen molar-refractivity contribution in [2.45, 2.75) is 0 Å². The maximum absolute atomic E-state index is 11.8. The number of nitrogens with zero attached hydrogens (tertiary/aromatic N) is 1. The molecule has 5 heteroatoms. The van der Waals surface area contributed by atoms with Gasteiger partial charge in [0.25, 0.3) is 5.91 Å². The lowest BCUT2D eigenvalue weighted by Crippen LogP contribution is -2.12. The molecule has 0 atom stereocenters. The van der Waals surface area contributed by atoms with Gasteiger partial charge < -0.3 is 20.9 Å². The molecule has 94 valence electrons. The first-order valence-corrected chi connectivity index (χ1v) is 5.59. The van der Waals surface area contributed by atoms with Gasteiger partial charge in [-0.15, -0.1) is 0 Å². The SMILES string of the molecule is CN(C)c1ccc(NC(=O)c2cc(N)c[nH]2)cc1. The Bertz CT molecular complexity index is 542. The van der Waals surface area contributed by atoms with Crippen LogP contribution >= 0.6 is 0 Å². The van der Waals surface area contributed by atoms with Crippen LogP contribution in [0.3, 0.4) is 0 Å². The number of aromatic nitrogens is 1. The van der Waals surface area contributed by atoms with E-state index in [9.17, 15) is 4.79 Å². The molecule has 1 aromatic carbocycles. The number of aromatic amines is 1. The van der Waals surface area contributed by atoms with Crippen molar-refractivity contribution >= 4 is 23.0 Å². The fourth-order valence-electron chi connectivity index (χ4n) is 1.58. The highest BCUT2D eigenvalue weighted by atomic mass is 16.1. The van der Waals surface area contributed by atoms with Gasteiger partial charge >= 0.3 is 0 Å². The molecule has 1 heterocycles. The zero-order valence-electron chi connectivity index (χ0n) is 10.4. The van der Waals surface area contributed by atoms with Crippen molar-refractivity contribution in [1.29, 1.82) is 0 Å². The minimum atomic E-state index is -0.204. The quantitative estimate of drug-likeness (QED) is 0.772. The van der Waals surface area contributed by atoms with E-state index in [1.54, 1.807) is 12.3 Å². The number of nitrogens with one attached hydrogen (secondary N) is 2. The Morgan fingerprint density at radius 2 is 1.94 bits per heavy atom. The molecule has 0 bridgehead atoms. The van der Waals surface area contributed by atoms with E-state index in [0.717, 1.165) is 11.4 Å². The van der Waals surface area contributed by atoms with Gasteiger partial charge in [-0.25, -0.2) is 0 Å². The van der Waals surface area contributed by atoms with Crippen LogP contribution in [0.1, 0.15) is 10.5 Å². The van der Waals surface area contributed by atoms with Crippen LogP contribution in [-0.2, 0) is 0 Å². The number of H-pyrrole nitrogens is 1. The number of nitrogens with two attached hydrogens (primary N) is 1. The Balaban J connectivity index is 2.07. The molecule has 0 unspecified atom stereocenters. The molecule has 18 heavy (non-hydrogen) atoms. The predicted octanol–water partition coefficient (Wildman–Crippen LogP) is 1.92. The van der Waals surface area contributed by atoms with Gasteiger partial charge in [0.2, 0.25) is 0 Å². The van der Waals surface area contributed by atoms with Crippen molar-refractivity contribution in [3.8, 4) is 0 Å². The Hall–Kier alpha value is -2.43. The number of carbonyl (C=O) groups excluding carboxylic acids is 1. The van der Waals surface area contributed by atoms with Crippen molar-refractivity contribution in [2.75, 3.05) is 30.0 Å². The number of hydrogen-bond donors (Lipinski definition) is 3. The van der Waals surface area contributed by atoms with Crippen molar-refractivity contribution < 1.29 is 4.79 Å². The number of amides is 1. The number of hydrogen-bond acceptors (Lipinski definition) is 3. The van der Waals surface area contributed by atoms with Crippen LogP contribution in [-0.4, -0.2) is 25.0 Å². The fourth-order valence-corrected chi connectivity index (χ4v) is 1.58. The molecule has 1 amide bonds. The van der Waals surface area contributed by atoms with Crippen LogP contribution in [0.2, 0.25) is 0 Å². The smallest absolute Gasteiger partial charge is 0.272 e. The van der Waals surface area contributed by atoms with Gasteiger partial charge in [0.15, 0.2) is 0 Å². The largest absolute Gasteiger partial charge is 0.397 e.